The van der Waals surface area contributed by atoms with E-state index in [9.17, 15) is 4.39 Å². The molecule has 1 aromatic carbocycles. The molecule has 1 atom stereocenters. The normalized spacial score (nSPS) is 18.2. The van der Waals surface area contributed by atoms with Crippen LogP contribution in [0.1, 0.15) is 12.8 Å². The first-order chi connectivity index (χ1) is 12.1. The molecule has 7 heteroatoms. The van der Waals surface area contributed by atoms with Crippen LogP contribution in [0.2, 0.25) is 0 Å². The van der Waals surface area contributed by atoms with Crippen molar-refractivity contribution in [3.05, 3.63) is 42.2 Å². The fraction of sp³-hybridized carbons (Fsp3) is 0.389. The molecule has 130 valence electrons. The molecule has 1 aliphatic heterocycles. The van der Waals surface area contributed by atoms with Gasteiger partial charge in [0.15, 0.2) is 11.5 Å². The van der Waals surface area contributed by atoms with Crippen LogP contribution in [0.4, 0.5) is 10.2 Å². The Morgan fingerprint density at radius 1 is 1.12 bits per heavy atom. The molecule has 0 bridgehead atoms. The molecule has 1 saturated heterocycles. The van der Waals surface area contributed by atoms with Gasteiger partial charge in [0.1, 0.15) is 11.6 Å². The lowest BCUT2D eigenvalue weighted by molar-refractivity contribution is 0.257. The lowest BCUT2D eigenvalue weighted by Crippen LogP contribution is -2.45. The van der Waals surface area contributed by atoms with Gasteiger partial charge in [0.25, 0.3) is 0 Å². The van der Waals surface area contributed by atoms with Gasteiger partial charge in [-0.05, 0) is 51.2 Å². The highest BCUT2D eigenvalue weighted by molar-refractivity contribution is 5.60. The number of fused-ring (bicyclic) bond motifs is 1. The third-order valence-electron chi connectivity index (χ3n) is 4.81. The van der Waals surface area contributed by atoms with Crippen LogP contribution >= 0.6 is 0 Å². The Labute approximate surface area is 145 Å². The van der Waals surface area contributed by atoms with E-state index in [1.807, 2.05) is 12.1 Å². The molecule has 0 aliphatic carbocycles. The largest absolute Gasteiger partial charge is 0.354 e. The Morgan fingerprint density at radius 2 is 1.96 bits per heavy atom. The van der Waals surface area contributed by atoms with E-state index in [1.165, 1.54) is 12.5 Å². The Bertz CT molecular complexity index is 890. The number of hydrogen-bond donors (Lipinski definition) is 0. The van der Waals surface area contributed by atoms with Crippen molar-refractivity contribution in [1.82, 2.24) is 24.7 Å². The van der Waals surface area contributed by atoms with Crippen LogP contribution in [-0.4, -0.2) is 57.9 Å². The third-order valence-corrected chi connectivity index (χ3v) is 4.81. The summed E-state index contributed by atoms with van der Waals surface area (Å²) in [6.07, 6.45) is 2.32. The first-order valence-electron chi connectivity index (χ1n) is 8.52. The van der Waals surface area contributed by atoms with E-state index >= 15 is 0 Å². The van der Waals surface area contributed by atoms with Gasteiger partial charge in [-0.25, -0.2) is 4.39 Å². The molecule has 25 heavy (non-hydrogen) atoms. The number of rotatable bonds is 3. The highest BCUT2D eigenvalue weighted by Crippen LogP contribution is 2.24. The minimum absolute atomic E-state index is 0.324. The van der Waals surface area contributed by atoms with Crippen molar-refractivity contribution in [3.63, 3.8) is 0 Å². The molecule has 0 spiro atoms. The van der Waals surface area contributed by atoms with E-state index < -0.39 is 0 Å². The summed E-state index contributed by atoms with van der Waals surface area (Å²) >= 11 is 0. The summed E-state index contributed by atoms with van der Waals surface area (Å²) in [6, 6.07) is 10.9. The zero-order chi connectivity index (χ0) is 17.4. The smallest absolute Gasteiger partial charge is 0.188 e. The van der Waals surface area contributed by atoms with Gasteiger partial charge in [-0.15, -0.1) is 15.3 Å². The van der Waals surface area contributed by atoms with Crippen molar-refractivity contribution < 1.29 is 4.39 Å². The van der Waals surface area contributed by atoms with Crippen molar-refractivity contribution in [2.45, 2.75) is 18.9 Å². The van der Waals surface area contributed by atoms with E-state index in [1.54, 1.807) is 22.7 Å². The van der Waals surface area contributed by atoms with Crippen LogP contribution in [0.15, 0.2) is 36.4 Å². The summed E-state index contributed by atoms with van der Waals surface area (Å²) in [7, 11) is 4.22. The molecule has 0 unspecified atom stereocenters. The number of halogens is 1. The minimum atomic E-state index is -0.324. The first-order valence-corrected chi connectivity index (χ1v) is 8.52. The zero-order valence-corrected chi connectivity index (χ0v) is 14.4. The van der Waals surface area contributed by atoms with E-state index in [4.69, 9.17) is 5.10 Å². The summed E-state index contributed by atoms with van der Waals surface area (Å²) in [5, 5.41) is 13.0. The van der Waals surface area contributed by atoms with Crippen LogP contribution in [0.5, 0.6) is 0 Å². The molecule has 0 N–H and O–H groups in total. The quantitative estimate of drug-likeness (QED) is 0.733. The van der Waals surface area contributed by atoms with Gasteiger partial charge in [-0.1, -0.05) is 12.1 Å². The SMILES string of the molecule is CN(C)[C@H]1CCCN(c2ccc3nnc(-c4ccccc4F)n3n2)C1. The predicted octanol–water partition coefficient (Wildman–Crippen LogP) is 2.46. The fourth-order valence-corrected chi connectivity index (χ4v) is 3.34. The van der Waals surface area contributed by atoms with E-state index in [-0.39, 0.29) is 5.82 Å². The maximum Gasteiger partial charge on any atom is 0.188 e. The molecule has 0 amide bonds. The van der Waals surface area contributed by atoms with Crippen LogP contribution < -0.4 is 4.90 Å². The second kappa shape index (κ2) is 6.40. The van der Waals surface area contributed by atoms with Crippen molar-refractivity contribution in [2.75, 3.05) is 32.1 Å². The molecular formula is C18H21FN6. The topological polar surface area (TPSA) is 49.6 Å². The molecule has 0 saturated carbocycles. The summed E-state index contributed by atoms with van der Waals surface area (Å²) < 4.78 is 15.8. The maximum atomic E-state index is 14.2. The maximum absolute atomic E-state index is 14.2. The van der Waals surface area contributed by atoms with Gasteiger partial charge in [0, 0.05) is 19.1 Å². The average molecular weight is 340 g/mol. The van der Waals surface area contributed by atoms with Gasteiger partial charge in [0.2, 0.25) is 0 Å². The molecule has 1 aliphatic rings. The van der Waals surface area contributed by atoms with Crippen LogP contribution in [0.3, 0.4) is 0 Å². The van der Waals surface area contributed by atoms with Crippen LogP contribution in [0.25, 0.3) is 17.0 Å². The number of anilines is 1. The monoisotopic (exact) mass is 340 g/mol. The Hall–Kier alpha value is -2.54. The van der Waals surface area contributed by atoms with E-state index in [0.717, 1.165) is 25.3 Å². The van der Waals surface area contributed by atoms with Crippen molar-refractivity contribution >= 4 is 11.5 Å². The Morgan fingerprint density at radius 3 is 2.76 bits per heavy atom. The van der Waals surface area contributed by atoms with Gasteiger partial charge in [-0.3, -0.25) is 0 Å². The number of piperidine rings is 1. The Balaban J connectivity index is 1.73. The van der Waals surface area contributed by atoms with Crippen LogP contribution in [0, 0.1) is 5.82 Å². The van der Waals surface area contributed by atoms with Crippen molar-refractivity contribution in [3.8, 4) is 11.4 Å². The summed E-state index contributed by atoms with van der Waals surface area (Å²) in [5.74, 6) is 0.974. The lowest BCUT2D eigenvalue weighted by Gasteiger charge is -2.36. The molecule has 3 heterocycles. The van der Waals surface area contributed by atoms with Gasteiger partial charge < -0.3 is 9.80 Å². The average Bonchev–Trinajstić information content (AvgIpc) is 3.05. The van der Waals surface area contributed by atoms with E-state index in [2.05, 4.69) is 34.1 Å². The van der Waals surface area contributed by atoms with Crippen molar-refractivity contribution in [2.24, 2.45) is 0 Å². The second-order valence-electron chi connectivity index (χ2n) is 6.67. The molecule has 2 aromatic heterocycles. The molecule has 6 nitrogen and oxygen atoms in total. The zero-order valence-electron chi connectivity index (χ0n) is 14.4. The third kappa shape index (κ3) is 2.95. The predicted molar refractivity (Wildman–Crippen MR) is 95.1 cm³/mol. The molecular weight excluding hydrogens is 319 g/mol. The number of hydrogen-bond acceptors (Lipinski definition) is 5. The Kier molecular flexibility index (Phi) is 4.09. The highest BCUT2D eigenvalue weighted by atomic mass is 19.1. The van der Waals surface area contributed by atoms with Crippen molar-refractivity contribution in [1.29, 1.82) is 0 Å². The standard InChI is InChI=1S/C18H21FN6/c1-23(2)13-6-5-11-24(12-13)17-10-9-16-20-21-18(25(16)22-17)14-7-3-4-8-15(14)19/h3-4,7-10,13H,5-6,11-12H2,1-2H3/t13-/m0/s1. The number of nitrogens with zero attached hydrogens (tertiary/aromatic N) is 6. The summed E-state index contributed by atoms with van der Waals surface area (Å²) in [6.45, 7) is 1.91. The number of aromatic nitrogens is 4. The second-order valence-corrected chi connectivity index (χ2v) is 6.67. The summed E-state index contributed by atoms with van der Waals surface area (Å²) in [5.41, 5.74) is 1.02. The fourth-order valence-electron chi connectivity index (χ4n) is 3.34. The van der Waals surface area contributed by atoms with Gasteiger partial charge >= 0.3 is 0 Å². The van der Waals surface area contributed by atoms with Crippen LogP contribution in [-0.2, 0) is 0 Å². The highest BCUT2D eigenvalue weighted by Gasteiger charge is 2.23. The van der Waals surface area contributed by atoms with E-state index in [0.29, 0.717) is 23.1 Å². The number of likely N-dealkylation sites (N-methyl/N-ethyl adjacent to an activating group) is 1. The lowest BCUT2D eigenvalue weighted by atomic mass is 10.1. The summed E-state index contributed by atoms with van der Waals surface area (Å²) in [4.78, 5) is 4.53. The minimum Gasteiger partial charge on any atom is -0.354 e. The van der Waals surface area contributed by atoms with Gasteiger partial charge in [0.05, 0.1) is 5.56 Å². The first kappa shape index (κ1) is 16.0. The number of benzene rings is 1. The molecule has 3 aromatic rings. The molecule has 4 rings (SSSR count). The van der Waals surface area contributed by atoms with Gasteiger partial charge in [-0.2, -0.15) is 4.52 Å². The molecule has 1 fully saturated rings. The molecule has 0 radical (unpaired) electrons.